The molecular weight excluding hydrogens is 177 g/mol. The molecule has 4 nitrogen and oxygen atoms in total. The van der Waals surface area contributed by atoms with Crippen molar-refractivity contribution in [2.45, 2.75) is 30.7 Å². The summed E-state index contributed by atoms with van der Waals surface area (Å²) >= 11 is 0. The lowest BCUT2D eigenvalue weighted by molar-refractivity contribution is -0.134. The Kier molecular flexibility index (Phi) is 1.82. The topological polar surface area (TPSA) is 60.8 Å². The van der Waals surface area contributed by atoms with Crippen molar-refractivity contribution in [3.05, 3.63) is 0 Å². The first-order valence-corrected chi connectivity index (χ1v) is 4.33. The zero-order valence-electron chi connectivity index (χ0n) is 7.11. The molecule has 0 aromatic carbocycles. The highest BCUT2D eigenvalue weighted by molar-refractivity contribution is 5.85. The van der Waals surface area contributed by atoms with Crippen molar-refractivity contribution in [1.29, 1.82) is 0 Å². The van der Waals surface area contributed by atoms with Crippen molar-refractivity contribution < 1.29 is 19.4 Å². The van der Waals surface area contributed by atoms with Gasteiger partial charge in [-0.1, -0.05) is 0 Å². The van der Waals surface area contributed by atoms with E-state index in [1.54, 1.807) is 0 Å². The number of aliphatic hydroxyl groups is 2. The molecule has 3 atom stereocenters. The lowest BCUT2D eigenvalue weighted by Gasteiger charge is -2.28. The molecule has 2 aliphatic heterocycles. The van der Waals surface area contributed by atoms with Crippen LogP contribution in [-0.2, 0) is 4.79 Å². The zero-order valence-corrected chi connectivity index (χ0v) is 7.11. The van der Waals surface area contributed by atoms with Gasteiger partial charge in [-0.3, -0.25) is 4.79 Å². The summed E-state index contributed by atoms with van der Waals surface area (Å²) in [5.74, 6) is -0.592. The molecule has 2 heterocycles. The third-order valence-corrected chi connectivity index (χ3v) is 2.97. The summed E-state index contributed by atoms with van der Waals surface area (Å²) in [6, 6.07) is 0. The van der Waals surface area contributed by atoms with E-state index < -0.39 is 23.7 Å². The maximum Gasteiger partial charge on any atom is 0.257 e. The molecule has 74 valence electrons. The normalized spacial score (nSPS) is 44.2. The number of β-amino-alcohol motifs (C(OH)–C–C–N with tert-alkyl or cyclic N) is 1. The molecule has 5 heteroatoms. The van der Waals surface area contributed by atoms with E-state index in [1.807, 2.05) is 0 Å². The SMILES string of the molecule is O=C1[C@H](F)C[C@]2(CO)C[C@@H](O)CN12. The van der Waals surface area contributed by atoms with Gasteiger partial charge in [0.25, 0.3) is 5.91 Å². The quantitative estimate of drug-likeness (QED) is 0.559. The minimum Gasteiger partial charge on any atom is -0.394 e. The Balaban J connectivity index is 2.28. The first-order valence-electron chi connectivity index (χ1n) is 4.33. The van der Waals surface area contributed by atoms with Gasteiger partial charge in [-0.05, 0) is 0 Å². The fourth-order valence-electron chi connectivity index (χ4n) is 2.34. The fraction of sp³-hybridized carbons (Fsp3) is 0.875. The van der Waals surface area contributed by atoms with Gasteiger partial charge in [0.1, 0.15) is 0 Å². The minimum atomic E-state index is -1.50. The second-order valence-corrected chi connectivity index (χ2v) is 3.86. The predicted octanol–water partition coefficient (Wildman–Crippen LogP) is -0.948. The average molecular weight is 189 g/mol. The largest absolute Gasteiger partial charge is 0.394 e. The lowest BCUT2D eigenvalue weighted by atomic mass is 9.94. The number of nitrogens with zero attached hydrogens (tertiary/aromatic N) is 1. The van der Waals surface area contributed by atoms with Crippen LogP contribution in [0.15, 0.2) is 0 Å². The Morgan fingerprint density at radius 1 is 1.62 bits per heavy atom. The molecule has 0 aliphatic carbocycles. The Morgan fingerprint density at radius 2 is 2.31 bits per heavy atom. The maximum atomic E-state index is 13.0. The van der Waals surface area contributed by atoms with Crippen molar-refractivity contribution in [3.8, 4) is 0 Å². The summed E-state index contributed by atoms with van der Waals surface area (Å²) in [4.78, 5) is 12.5. The number of amides is 1. The summed E-state index contributed by atoms with van der Waals surface area (Å²) in [6.07, 6.45) is -1.82. The van der Waals surface area contributed by atoms with Gasteiger partial charge in [0.2, 0.25) is 0 Å². The molecule has 0 unspecified atom stereocenters. The summed E-state index contributed by atoms with van der Waals surface area (Å²) in [5, 5.41) is 18.4. The Morgan fingerprint density at radius 3 is 2.85 bits per heavy atom. The maximum absolute atomic E-state index is 13.0. The number of hydrogen-bond acceptors (Lipinski definition) is 3. The monoisotopic (exact) mass is 189 g/mol. The number of rotatable bonds is 1. The highest BCUT2D eigenvalue weighted by atomic mass is 19.1. The number of alkyl halides is 1. The second kappa shape index (κ2) is 2.65. The zero-order chi connectivity index (χ0) is 9.64. The molecule has 0 saturated carbocycles. The number of carbonyl (C=O) groups is 1. The first-order chi connectivity index (χ1) is 6.09. The number of halogens is 1. The molecule has 2 rings (SSSR count). The van der Waals surface area contributed by atoms with Crippen LogP contribution in [0.2, 0.25) is 0 Å². The number of carbonyl (C=O) groups excluding carboxylic acids is 1. The molecule has 0 aromatic rings. The number of hydrogen-bond donors (Lipinski definition) is 2. The highest BCUT2D eigenvalue weighted by Crippen LogP contribution is 2.40. The van der Waals surface area contributed by atoms with Gasteiger partial charge in [0, 0.05) is 19.4 Å². The fourth-order valence-corrected chi connectivity index (χ4v) is 2.34. The standard InChI is InChI=1S/C8H12FNO3/c9-6-2-8(4-11)1-5(12)3-10(8)7(6)13/h5-6,11-12H,1-4H2/t5-,6-,8+/m1/s1. The van der Waals surface area contributed by atoms with Gasteiger partial charge in [-0.2, -0.15) is 0 Å². The molecule has 2 fully saturated rings. The van der Waals surface area contributed by atoms with Crippen LogP contribution >= 0.6 is 0 Å². The van der Waals surface area contributed by atoms with Crippen LogP contribution in [0.1, 0.15) is 12.8 Å². The van der Waals surface area contributed by atoms with E-state index >= 15 is 0 Å². The third kappa shape index (κ3) is 1.07. The van der Waals surface area contributed by atoms with Gasteiger partial charge in [-0.25, -0.2) is 4.39 Å². The summed E-state index contributed by atoms with van der Waals surface area (Å²) in [7, 11) is 0. The van der Waals surface area contributed by atoms with E-state index in [2.05, 4.69) is 0 Å². The van der Waals surface area contributed by atoms with Gasteiger partial charge in [0.05, 0.1) is 18.2 Å². The van der Waals surface area contributed by atoms with Gasteiger partial charge >= 0.3 is 0 Å². The van der Waals surface area contributed by atoms with Gasteiger partial charge in [0.15, 0.2) is 6.17 Å². The molecule has 0 spiro atoms. The minimum absolute atomic E-state index is 0.0133. The van der Waals surface area contributed by atoms with E-state index in [0.717, 1.165) is 0 Å². The van der Waals surface area contributed by atoms with E-state index in [9.17, 15) is 14.3 Å². The average Bonchev–Trinajstić information content (AvgIpc) is 2.51. The molecule has 2 saturated heterocycles. The van der Waals surface area contributed by atoms with Crippen LogP contribution in [0.5, 0.6) is 0 Å². The molecule has 2 aliphatic rings. The first kappa shape index (κ1) is 8.90. The van der Waals surface area contributed by atoms with Crippen molar-refractivity contribution in [2.75, 3.05) is 13.2 Å². The Labute approximate surface area is 75.0 Å². The number of fused-ring (bicyclic) bond motifs is 1. The lowest BCUT2D eigenvalue weighted by Crippen LogP contribution is -2.43. The molecule has 0 radical (unpaired) electrons. The summed E-state index contributed by atoms with van der Waals surface area (Å²) in [5.41, 5.74) is -0.823. The van der Waals surface area contributed by atoms with Gasteiger partial charge in [-0.15, -0.1) is 0 Å². The smallest absolute Gasteiger partial charge is 0.257 e. The molecule has 13 heavy (non-hydrogen) atoms. The summed E-state index contributed by atoms with van der Waals surface area (Å²) in [6.45, 7) is -0.115. The molecule has 2 N–H and O–H groups in total. The highest BCUT2D eigenvalue weighted by Gasteiger charge is 2.56. The van der Waals surface area contributed by atoms with Crippen LogP contribution in [0, 0.1) is 0 Å². The van der Waals surface area contributed by atoms with Crippen molar-refractivity contribution in [2.24, 2.45) is 0 Å². The predicted molar refractivity (Wildman–Crippen MR) is 41.7 cm³/mol. The van der Waals surface area contributed by atoms with E-state index in [1.165, 1.54) is 4.90 Å². The van der Waals surface area contributed by atoms with Crippen LogP contribution < -0.4 is 0 Å². The van der Waals surface area contributed by atoms with Crippen LogP contribution in [0.25, 0.3) is 0 Å². The van der Waals surface area contributed by atoms with Crippen molar-refractivity contribution in [1.82, 2.24) is 4.90 Å². The Bertz CT molecular complexity index is 248. The molecule has 0 aromatic heterocycles. The van der Waals surface area contributed by atoms with Crippen LogP contribution in [-0.4, -0.2) is 52.0 Å². The van der Waals surface area contributed by atoms with Crippen LogP contribution in [0.3, 0.4) is 0 Å². The van der Waals surface area contributed by atoms with Gasteiger partial charge < -0.3 is 15.1 Å². The number of aliphatic hydroxyl groups excluding tert-OH is 2. The molecular formula is C8H12FNO3. The molecule has 1 amide bonds. The second-order valence-electron chi connectivity index (χ2n) is 3.86. The molecule has 0 bridgehead atoms. The van der Waals surface area contributed by atoms with E-state index in [4.69, 9.17) is 5.11 Å². The van der Waals surface area contributed by atoms with Crippen molar-refractivity contribution in [3.63, 3.8) is 0 Å². The van der Waals surface area contributed by atoms with E-state index in [-0.39, 0.29) is 26.0 Å². The Hall–Kier alpha value is -0.680. The third-order valence-electron chi connectivity index (χ3n) is 2.97. The summed E-state index contributed by atoms with van der Waals surface area (Å²) < 4.78 is 13.0. The van der Waals surface area contributed by atoms with E-state index in [0.29, 0.717) is 0 Å². The van der Waals surface area contributed by atoms with Crippen LogP contribution in [0.4, 0.5) is 4.39 Å². The van der Waals surface area contributed by atoms with Crippen molar-refractivity contribution >= 4 is 5.91 Å².